The van der Waals surface area contributed by atoms with Crippen LogP contribution in [-0.4, -0.2) is 91.4 Å². The smallest absolute Gasteiger partial charge is 0.303 e. The molecule has 4 heterocycles. The lowest BCUT2D eigenvalue weighted by atomic mass is 10.1. The fraction of sp³-hybridized carbons (Fsp3) is 0.296. The highest BCUT2D eigenvalue weighted by Gasteiger charge is 2.38. The summed E-state index contributed by atoms with van der Waals surface area (Å²) >= 11 is 0. The molecule has 0 unspecified atom stereocenters. The number of carboxylic acid groups (broad SMARTS) is 1. The summed E-state index contributed by atoms with van der Waals surface area (Å²) in [6.07, 6.45) is 5.50. The molecule has 5 aromatic carbocycles. The molecule has 0 saturated heterocycles. The molecule has 4 aliphatic rings. The van der Waals surface area contributed by atoms with Crippen LogP contribution in [0.2, 0.25) is 0 Å². The first-order valence-corrected chi connectivity index (χ1v) is 23.6. The van der Waals surface area contributed by atoms with Crippen molar-refractivity contribution < 1.29 is 52.8 Å². The third kappa shape index (κ3) is 10.2. The Kier molecular flexibility index (Phi) is 14.0. The van der Waals surface area contributed by atoms with Crippen molar-refractivity contribution in [2.24, 2.45) is 9.98 Å². The number of benzene rings is 5. The molecule has 4 atom stereocenters. The molecule has 0 radical (unpaired) electrons. The fourth-order valence-corrected chi connectivity index (χ4v) is 9.30. The summed E-state index contributed by atoms with van der Waals surface area (Å²) < 4.78 is 24.3. The molecule has 5 aromatic rings. The van der Waals surface area contributed by atoms with E-state index in [-0.39, 0.29) is 50.0 Å². The average molecular weight is 976 g/mol. The van der Waals surface area contributed by atoms with Gasteiger partial charge in [-0.15, -0.1) is 0 Å². The number of fused-ring (bicyclic) bond motifs is 8. The van der Waals surface area contributed by atoms with E-state index in [0.29, 0.717) is 88.0 Å². The number of rotatable bonds is 18. The zero-order valence-electron chi connectivity index (χ0n) is 40.1. The first-order chi connectivity index (χ1) is 34.8. The highest BCUT2D eigenvalue weighted by Crippen LogP contribution is 2.43. The number of amides is 5. The second-order valence-electron chi connectivity index (χ2n) is 18.0. The molecule has 18 heteroatoms. The lowest BCUT2D eigenvalue weighted by Crippen LogP contribution is -2.50. The highest BCUT2D eigenvalue weighted by atomic mass is 16.5. The minimum absolute atomic E-state index is 0.0365. The number of anilines is 3. The summed E-state index contributed by atoms with van der Waals surface area (Å²) in [6.45, 7) is 2.92. The SMILES string of the molecule is COc1cc2c(cc1OCc1cc(COc3cc4c(cc3OC)C(=O)N3c5ccccc5C[C@H]3C=N4)cc(NC(=O)[C@H](C)NC(=O)[C@H](C)NC(=O)CCCCC(=O)O)c1)N=C[C@@H]1Cc3ccccc3N1C2=O. The van der Waals surface area contributed by atoms with Crippen LogP contribution in [0.3, 0.4) is 0 Å². The summed E-state index contributed by atoms with van der Waals surface area (Å²) in [6, 6.07) is 24.9. The van der Waals surface area contributed by atoms with Crippen molar-refractivity contribution in [2.75, 3.05) is 29.3 Å². The van der Waals surface area contributed by atoms with E-state index in [0.717, 1.165) is 22.5 Å². The Balaban J connectivity index is 0.942. The molecule has 370 valence electrons. The number of hydrogen-bond donors (Lipinski definition) is 4. The molecule has 5 amide bonds. The Hall–Kier alpha value is -8.54. The Morgan fingerprint density at radius 2 is 1.12 bits per heavy atom. The van der Waals surface area contributed by atoms with Gasteiger partial charge in [-0.25, -0.2) is 0 Å². The molecular formula is C54H53N7O11. The van der Waals surface area contributed by atoms with Gasteiger partial charge in [0.1, 0.15) is 25.3 Å². The van der Waals surface area contributed by atoms with Gasteiger partial charge in [-0.2, -0.15) is 0 Å². The molecule has 0 aromatic heterocycles. The van der Waals surface area contributed by atoms with Crippen LogP contribution < -0.4 is 44.7 Å². The molecule has 72 heavy (non-hydrogen) atoms. The van der Waals surface area contributed by atoms with Crippen molar-refractivity contribution in [1.82, 2.24) is 10.6 Å². The van der Waals surface area contributed by atoms with Crippen molar-refractivity contribution >= 4 is 76.4 Å². The quantitative estimate of drug-likeness (QED) is 0.0652. The fourth-order valence-electron chi connectivity index (χ4n) is 9.30. The van der Waals surface area contributed by atoms with E-state index in [1.807, 2.05) is 54.6 Å². The summed E-state index contributed by atoms with van der Waals surface area (Å²) in [4.78, 5) is 91.1. The molecule has 0 bridgehead atoms. The van der Waals surface area contributed by atoms with Crippen LogP contribution in [-0.2, 0) is 45.2 Å². The number of carbonyl (C=O) groups is 6. The summed E-state index contributed by atoms with van der Waals surface area (Å²) in [5.74, 6) is -1.67. The first kappa shape index (κ1) is 48.5. The third-order valence-electron chi connectivity index (χ3n) is 12.9. The Morgan fingerprint density at radius 3 is 1.62 bits per heavy atom. The van der Waals surface area contributed by atoms with E-state index >= 15 is 0 Å². The van der Waals surface area contributed by atoms with Crippen LogP contribution in [0.1, 0.15) is 82.5 Å². The molecular weight excluding hydrogens is 923 g/mol. The van der Waals surface area contributed by atoms with Gasteiger partial charge in [-0.3, -0.25) is 48.6 Å². The second-order valence-corrected chi connectivity index (χ2v) is 18.0. The van der Waals surface area contributed by atoms with Crippen molar-refractivity contribution in [3.8, 4) is 23.0 Å². The molecule has 0 fully saturated rings. The van der Waals surface area contributed by atoms with E-state index in [9.17, 15) is 28.8 Å². The number of nitrogens with zero attached hydrogens (tertiary/aromatic N) is 4. The van der Waals surface area contributed by atoms with Gasteiger partial charge in [0, 0.05) is 67.3 Å². The lowest BCUT2D eigenvalue weighted by molar-refractivity contribution is -0.137. The van der Waals surface area contributed by atoms with Crippen molar-refractivity contribution in [3.63, 3.8) is 0 Å². The number of aliphatic carboxylic acids is 1. The molecule has 18 nitrogen and oxygen atoms in total. The predicted molar refractivity (Wildman–Crippen MR) is 269 cm³/mol. The molecule has 4 aliphatic heterocycles. The van der Waals surface area contributed by atoms with Gasteiger partial charge < -0.3 is 40.0 Å². The number of nitrogens with one attached hydrogen (secondary N) is 3. The van der Waals surface area contributed by atoms with Crippen LogP contribution in [0, 0.1) is 0 Å². The van der Waals surface area contributed by atoms with Crippen molar-refractivity contribution in [1.29, 1.82) is 0 Å². The zero-order valence-corrected chi connectivity index (χ0v) is 40.1. The summed E-state index contributed by atoms with van der Waals surface area (Å²) in [5, 5.41) is 17.0. The van der Waals surface area contributed by atoms with Crippen LogP contribution in [0.15, 0.2) is 101 Å². The van der Waals surface area contributed by atoms with Crippen LogP contribution in [0.4, 0.5) is 28.4 Å². The standard InChI is InChI=1S/C54H53N7O11/c1-30(57-49(62)15-9-10-16-50(63)64)51(65)58-31(2)52(66)59-36-18-32(28-71-47-24-41-39(22-45(47)69-3)53(67)60-37(26-55-41)20-34-11-5-7-13-43(34)60)17-33(19-36)29-72-48-25-42-40(23-46(48)70-4)54(68)61-38(27-56-42)21-35-12-6-8-14-44(35)61/h5-8,11-14,17-19,22-27,30-31,37-38H,9-10,15-16,20-21,28-29H2,1-4H3,(H,57,62)(H,58,65)(H,59,66)(H,63,64)/t30-,31-,37-,38-/m0/s1. The monoisotopic (exact) mass is 975 g/mol. The molecule has 0 spiro atoms. The van der Waals surface area contributed by atoms with Gasteiger partial charge in [-0.1, -0.05) is 36.4 Å². The molecule has 9 rings (SSSR count). The Morgan fingerprint density at radius 1 is 0.639 bits per heavy atom. The van der Waals surface area contributed by atoms with Crippen LogP contribution in [0.5, 0.6) is 23.0 Å². The molecule has 0 saturated carbocycles. The number of carbonyl (C=O) groups excluding carboxylic acids is 5. The largest absolute Gasteiger partial charge is 0.493 e. The predicted octanol–water partition coefficient (Wildman–Crippen LogP) is 7.03. The lowest BCUT2D eigenvalue weighted by Gasteiger charge is -2.22. The van der Waals surface area contributed by atoms with E-state index in [1.165, 1.54) is 28.1 Å². The van der Waals surface area contributed by atoms with Gasteiger partial charge in [0.05, 0.1) is 48.8 Å². The number of para-hydroxylation sites is 2. The summed E-state index contributed by atoms with van der Waals surface area (Å²) in [5.41, 5.74) is 6.91. The minimum Gasteiger partial charge on any atom is -0.493 e. The topological polar surface area (TPSA) is 227 Å². The van der Waals surface area contributed by atoms with Gasteiger partial charge in [0.25, 0.3) is 11.8 Å². The number of aliphatic imine (C=N–C) groups is 2. The third-order valence-corrected chi connectivity index (χ3v) is 12.9. The van der Waals surface area contributed by atoms with E-state index in [1.54, 1.807) is 58.6 Å². The zero-order chi connectivity index (χ0) is 50.6. The number of hydrogen-bond acceptors (Lipinski definition) is 12. The molecule has 4 N–H and O–H groups in total. The maximum atomic E-state index is 14.0. The number of methoxy groups -OCH3 is 2. The van der Waals surface area contributed by atoms with Crippen molar-refractivity contribution in [3.05, 3.63) is 124 Å². The van der Waals surface area contributed by atoms with Gasteiger partial charge >= 0.3 is 5.97 Å². The Labute approximate surface area is 415 Å². The second kappa shape index (κ2) is 20.8. The van der Waals surface area contributed by atoms with E-state index < -0.39 is 35.8 Å². The normalized spacial score (nSPS) is 16.6. The van der Waals surface area contributed by atoms with Gasteiger partial charge in [-0.05, 0) is 91.4 Å². The number of unbranched alkanes of at least 4 members (excludes halogenated alkanes) is 1. The number of ether oxygens (including phenoxy) is 4. The Bertz CT molecular complexity index is 2900. The minimum atomic E-state index is -1.04. The van der Waals surface area contributed by atoms with E-state index in [4.69, 9.17) is 34.0 Å². The maximum Gasteiger partial charge on any atom is 0.303 e. The average Bonchev–Trinajstić information content (AvgIpc) is 3.86. The summed E-state index contributed by atoms with van der Waals surface area (Å²) in [7, 11) is 2.97. The van der Waals surface area contributed by atoms with Crippen LogP contribution in [0.25, 0.3) is 0 Å². The highest BCUT2D eigenvalue weighted by molar-refractivity contribution is 6.16. The van der Waals surface area contributed by atoms with Crippen molar-refractivity contribution in [2.45, 2.75) is 89.8 Å². The molecule has 0 aliphatic carbocycles. The first-order valence-electron chi connectivity index (χ1n) is 23.6. The van der Waals surface area contributed by atoms with E-state index in [2.05, 4.69) is 16.0 Å². The number of carboxylic acids is 1. The maximum absolute atomic E-state index is 14.0. The van der Waals surface area contributed by atoms with Gasteiger partial charge in [0.2, 0.25) is 17.7 Å². The van der Waals surface area contributed by atoms with Crippen LogP contribution >= 0.6 is 0 Å². The van der Waals surface area contributed by atoms with Gasteiger partial charge in [0.15, 0.2) is 23.0 Å².